The molecule has 0 spiro atoms. The minimum Gasteiger partial charge on any atom is -0.478 e. The summed E-state index contributed by atoms with van der Waals surface area (Å²) >= 11 is 7.36. The number of nitrogens with one attached hydrogen (secondary N) is 2. The van der Waals surface area contributed by atoms with Crippen LogP contribution in [-0.2, 0) is 9.47 Å². The van der Waals surface area contributed by atoms with Crippen molar-refractivity contribution >= 4 is 41.4 Å². The van der Waals surface area contributed by atoms with E-state index in [1.165, 1.54) is 11.1 Å². The number of carbonyl (C=O) groups is 2. The predicted octanol–water partition coefficient (Wildman–Crippen LogP) is 7.82. The van der Waals surface area contributed by atoms with E-state index < -0.39 is 29.3 Å². The second kappa shape index (κ2) is 15.1. The zero-order valence-corrected chi connectivity index (χ0v) is 30.4. The molecule has 5 rings (SSSR count). The zero-order chi connectivity index (χ0) is 36.3. The van der Waals surface area contributed by atoms with Gasteiger partial charge in [-0.3, -0.25) is 14.5 Å². The highest BCUT2D eigenvalue weighted by Gasteiger charge is 2.62. The molecule has 0 radical (unpaired) electrons. The molecule has 2 aliphatic heterocycles. The third-order valence-electron chi connectivity index (χ3n) is 8.91. The molecule has 11 nitrogen and oxygen atoms in total. The molecule has 2 aromatic heterocycles. The van der Waals surface area contributed by atoms with Crippen molar-refractivity contribution in [3.05, 3.63) is 53.3 Å². The molecule has 2 atom stereocenters. The second-order valence-corrected chi connectivity index (χ2v) is 15.5. The Hall–Kier alpha value is -3.27. The molecule has 50 heavy (non-hydrogen) atoms. The van der Waals surface area contributed by atoms with E-state index >= 15 is 0 Å². The van der Waals surface area contributed by atoms with Crippen LogP contribution in [0.1, 0.15) is 89.9 Å². The van der Waals surface area contributed by atoms with Crippen molar-refractivity contribution in [3.63, 3.8) is 0 Å². The number of alkyl halides is 3. The fourth-order valence-electron chi connectivity index (χ4n) is 5.99. The van der Waals surface area contributed by atoms with Gasteiger partial charge in [0, 0.05) is 42.4 Å². The summed E-state index contributed by atoms with van der Waals surface area (Å²) in [5.41, 5.74) is 0.666. The van der Waals surface area contributed by atoms with Crippen LogP contribution in [-0.4, -0.2) is 69.7 Å². The highest BCUT2D eigenvalue weighted by molar-refractivity contribution is 7.97. The van der Waals surface area contributed by atoms with Crippen molar-refractivity contribution < 1.29 is 37.0 Å². The maximum absolute atomic E-state index is 13.2. The Kier molecular flexibility index (Phi) is 11.5. The van der Waals surface area contributed by atoms with E-state index in [-0.39, 0.29) is 54.3 Å². The van der Waals surface area contributed by atoms with E-state index in [1.54, 1.807) is 36.5 Å². The van der Waals surface area contributed by atoms with Gasteiger partial charge in [0.1, 0.15) is 27.8 Å². The Bertz CT molecular complexity index is 1570. The highest BCUT2D eigenvalue weighted by Crippen LogP contribution is 2.59. The molecule has 2 N–H and O–H groups in total. The van der Waals surface area contributed by atoms with Gasteiger partial charge in [0.25, 0.3) is 5.91 Å². The SMILES string of the molecule is CC(C)(C)OC(=O)N1C(CCCOc2cccc(SNC(=O)c3ccc(N4C=CC(OCCC5(C(F)(F)F)CC5)N4)nc3Cl)n2)CCC1(C)C. The Morgan fingerprint density at radius 3 is 2.54 bits per heavy atom. The topological polar surface area (TPSA) is 118 Å². The summed E-state index contributed by atoms with van der Waals surface area (Å²) in [6, 6.07) is 8.42. The van der Waals surface area contributed by atoms with Gasteiger partial charge in [0.2, 0.25) is 5.88 Å². The first-order valence-electron chi connectivity index (χ1n) is 16.6. The van der Waals surface area contributed by atoms with Crippen LogP contribution in [0.5, 0.6) is 5.88 Å². The number of anilines is 1. The number of hydrogen-bond donors (Lipinski definition) is 2. The lowest BCUT2D eigenvalue weighted by molar-refractivity contribution is -0.192. The van der Waals surface area contributed by atoms with Crippen molar-refractivity contribution in [1.29, 1.82) is 0 Å². The summed E-state index contributed by atoms with van der Waals surface area (Å²) in [5, 5.41) is 1.98. The lowest BCUT2D eigenvalue weighted by Gasteiger charge is -2.37. The number of likely N-dealkylation sites (tertiary alicyclic amines) is 1. The van der Waals surface area contributed by atoms with E-state index in [2.05, 4.69) is 34.0 Å². The first-order chi connectivity index (χ1) is 23.5. The Labute approximate surface area is 299 Å². The number of pyridine rings is 2. The molecule has 2 amide bonds. The lowest BCUT2D eigenvalue weighted by atomic mass is 10.0. The molecule has 2 fully saturated rings. The number of hydrogen-bond acceptors (Lipinski definition) is 10. The van der Waals surface area contributed by atoms with Gasteiger partial charge in [-0.25, -0.2) is 14.8 Å². The Morgan fingerprint density at radius 1 is 1.10 bits per heavy atom. The van der Waals surface area contributed by atoms with E-state index in [1.807, 2.05) is 25.7 Å². The normalized spacial score (nSPS) is 21.0. The average molecular weight is 741 g/mol. The molecular formula is C34H44ClF3N6O5S. The number of amides is 2. The highest BCUT2D eigenvalue weighted by atomic mass is 35.5. The minimum absolute atomic E-state index is 0.0399. The zero-order valence-electron chi connectivity index (χ0n) is 28.8. The summed E-state index contributed by atoms with van der Waals surface area (Å²) in [6.07, 6.45) is 1.63. The van der Waals surface area contributed by atoms with Gasteiger partial charge in [-0.2, -0.15) is 18.6 Å². The standard InChI is InChI=1S/C34H44ClF3N6O5S/c1-31(2,3)49-30(46)44-22(13-15-32(44,4)5)8-7-20-47-25-9-6-10-27(40-25)50-42-29(45)23-11-12-24(39-28(23)35)43-19-14-26(41-43)48-21-18-33(16-17-33)34(36,37)38/h6,9-12,14,19,22,26,41H,7-8,13,15-18,20-21H2,1-5H3,(H,42,45). The van der Waals surface area contributed by atoms with E-state index in [9.17, 15) is 22.8 Å². The molecule has 16 heteroatoms. The van der Waals surface area contributed by atoms with Crippen LogP contribution >= 0.6 is 23.5 Å². The third kappa shape index (κ3) is 9.53. The van der Waals surface area contributed by atoms with Crippen molar-refractivity contribution in [3.8, 4) is 5.88 Å². The van der Waals surface area contributed by atoms with Gasteiger partial charge >= 0.3 is 12.3 Å². The van der Waals surface area contributed by atoms with Gasteiger partial charge in [-0.1, -0.05) is 17.7 Å². The first-order valence-corrected chi connectivity index (χ1v) is 17.8. The number of rotatable bonds is 13. The van der Waals surface area contributed by atoms with E-state index in [0.717, 1.165) is 37.6 Å². The largest absolute Gasteiger partial charge is 0.478 e. The number of nitrogens with zero attached hydrogens (tertiary/aromatic N) is 4. The van der Waals surface area contributed by atoms with Crippen LogP contribution < -0.4 is 19.9 Å². The summed E-state index contributed by atoms with van der Waals surface area (Å²) in [6.45, 7) is 10.1. The summed E-state index contributed by atoms with van der Waals surface area (Å²) in [7, 11) is 0. The van der Waals surface area contributed by atoms with Crippen molar-refractivity contribution in [2.24, 2.45) is 5.41 Å². The molecule has 2 unspecified atom stereocenters. The first kappa shape index (κ1) is 38.0. The fraction of sp³-hybridized carbons (Fsp3) is 0.588. The van der Waals surface area contributed by atoms with Crippen molar-refractivity contribution in [1.82, 2.24) is 25.0 Å². The molecule has 4 heterocycles. The summed E-state index contributed by atoms with van der Waals surface area (Å²) in [5.74, 6) is 0.298. The molecular weight excluding hydrogens is 697 g/mol. The van der Waals surface area contributed by atoms with Gasteiger partial charge in [0.05, 0.1) is 17.6 Å². The fourth-order valence-corrected chi connectivity index (χ4v) is 6.81. The van der Waals surface area contributed by atoms with Crippen LogP contribution in [0.3, 0.4) is 0 Å². The molecule has 1 aliphatic carbocycles. The maximum atomic E-state index is 13.2. The molecule has 274 valence electrons. The van der Waals surface area contributed by atoms with Gasteiger partial charge in [0.15, 0.2) is 0 Å². The van der Waals surface area contributed by atoms with Crippen LogP contribution in [0.25, 0.3) is 0 Å². The molecule has 1 saturated carbocycles. The average Bonchev–Trinajstić information content (AvgIpc) is 3.58. The van der Waals surface area contributed by atoms with Crippen LogP contribution in [0.4, 0.5) is 23.8 Å². The summed E-state index contributed by atoms with van der Waals surface area (Å²) in [4.78, 5) is 36.5. The number of aromatic nitrogens is 2. The number of carbonyl (C=O) groups excluding carboxylic acids is 2. The number of halogens is 4. The Morgan fingerprint density at radius 2 is 1.86 bits per heavy atom. The third-order valence-corrected chi connectivity index (χ3v) is 9.92. The number of hydrazine groups is 1. The molecule has 1 saturated heterocycles. The van der Waals surface area contributed by atoms with E-state index in [0.29, 0.717) is 23.3 Å². The molecule has 0 aromatic carbocycles. The summed E-state index contributed by atoms with van der Waals surface area (Å²) < 4.78 is 59.4. The molecule has 2 aromatic rings. The molecule has 0 bridgehead atoms. The van der Waals surface area contributed by atoms with Crippen LogP contribution in [0, 0.1) is 5.41 Å². The lowest BCUT2D eigenvalue weighted by Crippen LogP contribution is -2.49. The van der Waals surface area contributed by atoms with Gasteiger partial charge < -0.3 is 19.1 Å². The van der Waals surface area contributed by atoms with Gasteiger partial charge in [-0.15, -0.1) is 0 Å². The van der Waals surface area contributed by atoms with E-state index in [4.69, 9.17) is 25.8 Å². The molecule has 3 aliphatic rings. The minimum atomic E-state index is -4.22. The predicted molar refractivity (Wildman–Crippen MR) is 184 cm³/mol. The van der Waals surface area contributed by atoms with Crippen molar-refractivity contribution in [2.75, 3.05) is 18.2 Å². The van der Waals surface area contributed by atoms with Gasteiger partial charge in [-0.05, 0) is 104 Å². The number of ether oxygens (including phenoxy) is 3. The Balaban J connectivity index is 1.05. The van der Waals surface area contributed by atoms with Crippen molar-refractivity contribution in [2.45, 2.75) is 114 Å². The second-order valence-electron chi connectivity index (χ2n) is 14.4. The maximum Gasteiger partial charge on any atom is 0.410 e. The smallest absolute Gasteiger partial charge is 0.410 e. The van der Waals surface area contributed by atoms with Crippen LogP contribution in [0.2, 0.25) is 5.15 Å². The monoisotopic (exact) mass is 740 g/mol. The van der Waals surface area contributed by atoms with Crippen LogP contribution in [0.15, 0.2) is 47.6 Å². The quantitative estimate of drug-likeness (QED) is 0.120.